The minimum atomic E-state index is -4.50. The molecule has 18 heavy (non-hydrogen) atoms. The van der Waals surface area contributed by atoms with E-state index in [-0.39, 0.29) is 12.4 Å². The highest BCUT2D eigenvalue weighted by Crippen LogP contribution is 2.35. The van der Waals surface area contributed by atoms with E-state index in [4.69, 9.17) is 10.5 Å². The highest BCUT2D eigenvalue weighted by Gasteiger charge is 2.34. The maximum atomic E-state index is 12.6. The first kappa shape index (κ1) is 14.3. The molecule has 0 saturated carbocycles. The summed E-state index contributed by atoms with van der Waals surface area (Å²) in [5, 5.41) is 2.55. The summed E-state index contributed by atoms with van der Waals surface area (Å²) in [4.78, 5) is 10.9. The molecule has 1 aromatic carbocycles. The van der Waals surface area contributed by atoms with Gasteiger partial charge in [-0.2, -0.15) is 13.2 Å². The first-order chi connectivity index (χ1) is 8.36. The van der Waals surface area contributed by atoms with E-state index < -0.39 is 23.7 Å². The normalized spacial score (nSPS) is 13.1. The largest absolute Gasteiger partial charge is 0.491 e. The minimum absolute atomic E-state index is 0.265. The van der Waals surface area contributed by atoms with Crippen LogP contribution >= 0.6 is 0 Å². The Morgan fingerprint density at radius 3 is 2.56 bits per heavy atom. The summed E-state index contributed by atoms with van der Waals surface area (Å²) in [5.74, 6) is -1.02. The number of likely N-dealkylation sites (N-methyl/N-ethyl adjacent to an activating group) is 1. The molecule has 0 fully saturated rings. The van der Waals surface area contributed by atoms with Gasteiger partial charge in [0.2, 0.25) is 5.91 Å². The van der Waals surface area contributed by atoms with E-state index in [0.29, 0.717) is 0 Å². The van der Waals surface area contributed by atoms with Gasteiger partial charge in [0.1, 0.15) is 18.4 Å². The Kier molecular flexibility index (Phi) is 4.55. The van der Waals surface area contributed by atoms with Crippen LogP contribution < -0.4 is 15.8 Å². The van der Waals surface area contributed by atoms with E-state index >= 15 is 0 Å². The lowest BCUT2D eigenvalue weighted by molar-refractivity contribution is -0.139. The average Bonchev–Trinajstić information content (AvgIpc) is 2.28. The van der Waals surface area contributed by atoms with Gasteiger partial charge in [-0.25, -0.2) is 0 Å². The Labute approximate surface area is 102 Å². The number of carbonyl (C=O) groups excluding carboxylic acids is 1. The number of nitrogens with two attached hydrogens (primary N) is 1. The molecule has 0 saturated heterocycles. The molecule has 0 spiro atoms. The lowest BCUT2D eigenvalue weighted by atomic mass is 10.2. The van der Waals surface area contributed by atoms with Crippen LogP contribution in [0.2, 0.25) is 0 Å². The Hall–Kier alpha value is -1.76. The summed E-state index contributed by atoms with van der Waals surface area (Å²) in [6.45, 7) is -0.265. The van der Waals surface area contributed by atoms with Gasteiger partial charge in [0.15, 0.2) is 0 Å². The number of benzene rings is 1. The van der Waals surface area contributed by atoms with Crippen molar-refractivity contribution in [3.8, 4) is 5.75 Å². The number of alkyl halides is 3. The summed E-state index contributed by atoms with van der Waals surface area (Å²) < 4.78 is 42.9. The van der Waals surface area contributed by atoms with Crippen LogP contribution in [0, 0.1) is 0 Å². The van der Waals surface area contributed by atoms with Gasteiger partial charge >= 0.3 is 6.18 Å². The number of hydrogen-bond acceptors (Lipinski definition) is 3. The van der Waals surface area contributed by atoms with E-state index in [0.717, 1.165) is 6.07 Å². The van der Waals surface area contributed by atoms with Crippen molar-refractivity contribution in [2.45, 2.75) is 12.2 Å². The zero-order chi connectivity index (χ0) is 13.8. The van der Waals surface area contributed by atoms with Crippen LogP contribution in [0.25, 0.3) is 0 Å². The number of primary amides is 1. The van der Waals surface area contributed by atoms with E-state index in [9.17, 15) is 18.0 Å². The van der Waals surface area contributed by atoms with Crippen LogP contribution in [0.15, 0.2) is 24.3 Å². The number of para-hydroxylation sites is 1. The topological polar surface area (TPSA) is 64.3 Å². The van der Waals surface area contributed by atoms with Crippen molar-refractivity contribution in [1.29, 1.82) is 0 Å². The van der Waals surface area contributed by atoms with Crippen LogP contribution in [0.4, 0.5) is 13.2 Å². The molecule has 0 aliphatic heterocycles. The summed E-state index contributed by atoms with van der Waals surface area (Å²) in [6, 6.07) is 3.94. The molecule has 1 amide bonds. The van der Waals surface area contributed by atoms with Gasteiger partial charge < -0.3 is 15.8 Å². The smallest absolute Gasteiger partial charge is 0.419 e. The number of hydrogen-bond donors (Lipinski definition) is 2. The maximum absolute atomic E-state index is 12.6. The first-order valence-electron chi connectivity index (χ1n) is 5.12. The minimum Gasteiger partial charge on any atom is -0.491 e. The van der Waals surface area contributed by atoms with Gasteiger partial charge in [0.25, 0.3) is 0 Å². The molecule has 0 aromatic heterocycles. The van der Waals surface area contributed by atoms with Crippen LogP contribution in [0.3, 0.4) is 0 Å². The van der Waals surface area contributed by atoms with Gasteiger partial charge in [0.05, 0.1) is 5.56 Å². The second kappa shape index (κ2) is 5.72. The Balaban J connectivity index is 2.82. The predicted octanol–water partition coefficient (Wildman–Crippen LogP) is 1.16. The van der Waals surface area contributed by atoms with Crippen LogP contribution in [-0.2, 0) is 11.0 Å². The van der Waals surface area contributed by atoms with Crippen LogP contribution in [0.5, 0.6) is 5.75 Å². The fraction of sp³-hybridized carbons (Fsp3) is 0.364. The highest BCUT2D eigenvalue weighted by molar-refractivity contribution is 5.79. The lowest BCUT2D eigenvalue weighted by Gasteiger charge is -2.17. The summed E-state index contributed by atoms with van der Waals surface area (Å²) in [6.07, 6.45) is -4.50. The molecule has 4 nitrogen and oxygen atoms in total. The van der Waals surface area contributed by atoms with Gasteiger partial charge in [0, 0.05) is 0 Å². The van der Waals surface area contributed by atoms with E-state index in [1.165, 1.54) is 25.2 Å². The van der Waals surface area contributed by atoms with E-state index in [1.54, 1.807) is 0 Å². The monoisotopic (exact) mass is 262 g/mol. The molecule has 1 atom stereocenters. The SMILES string of the molecule is CNC(COc1ccccc1C(F)(F)F)C(N)=O. The van der Waals surface area contributed by atoms with Gasteiger partial charge in [-0.1, -0.05) is 12.1 Å². The third kappa shape index (κ3) is 3.63. The van der Waals surface area contributed by atoms with Crippen LogP contribution in [0.1, 0.15) is 5.56 Å². The summed E-state index contributed by atoms with van der Waals surface area (Å²) in [7, 11) is 1.47. The molecule has 100 valence electrons. The molecule has 1 aromatic rings. The van der Waals surface area contributed by atoms with Crippen LogP contribution in [-0.4, -0.2) is 25.6 Å². The van der Waals surface area contributed by atoms with E-state index in [2.05, 4.69) is 5.32 Å². The molecular weight excluding hydrogens is 249 g/mol. The number of amides is 1. The fourth-order valence-electron chi connectivity index (χ4n) is 1.31. The summed E-state index contributed by atoms with van der Waals surface area (Å²) >= 11 is 0. The Morgan fingerprint density at radius 2 is 2.06 bits per heavy atom. The molecule has 0 bridgehead atoms. The third-order valence-corrected chi connectivity index (χ3v) is 2.29. The van der Waals surface area contributed by atoms with Crippen molar-refractivity contribution in [3.63, 3.8) is 0 Å². The number of nitrogens with one attached hydrogen (secondary N) is 1. The zero-order valence-corrected chi connectivity index (χ0v) is 9.62. The maximum Gasteiger partial charge on any atom is 0.419 e. The standard InChI is InChI=1S/C11H13F3N2O2/c1-16-8(10(15)17)6-18-9-5-3-2-4-7(9)11(12,13)14/h2-5,8,16H,6H2,1H3,(H2,15,17). The third-order valence-electron chi connectivity index (χ3n) is 2.29. The quantitative estimate of drug-likeness (QED) is 0.836. The number of carbonyl (C=O) groups is 1. The molecule has 0 heterocycles. The van der Waals surface area contributed by atoms with Crippen molar-refractivity contribution in [2.75, 3.05) is 13.7 Å². The molecule has 1 rings (SSSR count). The van der Waals surface area contributed by atoms with Crippen molar-refractivity contribution >= 4 is 5.91 Å². The molecule has 1 unspecified atom stereocenters. The summed E-state index contributed by atoms with van der Waals surface area (Å²) in [5.41, 5.74) is 4.15. The molecule has 0 radical (unpaired) electrons. The molecular formula is C11H13F3N2O2. The van der Waals surface area contributed by atoms with Gasteiger partial charge in [-0.3, -0.25) is 4.79 Å². The van der Waals surface area contributed by atoms with Gasteiger partial charge in [-0.15, -0.1) is 0 Å². The highest BCUT2D eigenvalue weighted by atomic mass is 19.4. The molecule has 3 N–H and O–H groups in total. The van der Waals surface area contributed by atoms with Crippen molar-refractivity contribution in [1.82, 2.24) is 5.32 Å². The van der Waals surface area contributed by atoms with Crippen molar-refractivity contribution in [2.24, 2.45) is 5.73 Å². The second-order valence-electron chi connectivity index (χ2n) is 3.55. The fourth-order valence-corrected chi connectivity index (χ4v) is 1.31. The lowest BCUT2D eigenvalue weighted by Crippen LogP contribution is -2.43. The Bertz CT molecular complexity index is 421. The number of halogens is 3. The molecule has 0 aliphatic carbocycles. The zero-order valence-electron chi connectivity index (χ0n) is 9.62. The Morgan fingerprint density at radius 1 is 1.44 bits per heavy atom. The number of ether oxygens (including phenoxy) is 1. The van der Waals surface area contributed by atoms with Crippen molar-refractivity contribution in [3.05, 3.63) is 29.8 Å². The molecule has 0 aliphatic rings. The average molecular weight is 262 g/mol. The molecule has 7 heteroatoms. The second-order valence-corrected chi connectivity index (χ2v) is 3.55. The van der Waals surface area contributed by atoms with E-state index in [1.807, 2.05) is 0 Å². The predicted molar refractivity (Wildman–Crippen MR) is 59.0 cm³/mol. The number of rotatable bonds is 5. The van der Waals surface area contributed by atoms with Gasteiger partial charge in [-0.05, 0) is 19.2 Å². The first-order valence-corrected chi connectivity index (χ1v) is 5.12. The van der Waals surface area contributed by atoms with Crippen molar-refractivity contribution < 1.29 is 22.7 Å².